The number of nitrogens with zero attached hydrogens (tertiary/aromatic N) is 1. The minimum Gasteiger partial charge on any atom is -0.385 e. The zero-order chi connectivity index (χ0) is 14.5. The van der Waals surface area contributed by atoms with Crippen LogP contribution in [-0.4, -0.2) is 23.5 Å². The monoisotopic (exact) mass is 275 g/mol. The van der Waals surface area contributed by atoms with Gasteiger partial charge in [0.25, 0.3) is 5.91 Å². The first-order chi connectivity index (χ1) is 9.67. The molecule has 2 rings (SSSR count). The molecule has 1 aromatic heterocycles. The van der Waals surface area contributed by atoms with Gasteiger partial charge in [-0.1, -0.05) is 20.3 Å². The van der Waals surface area contributed by atoms with E-state index in [1.54, 1.807) is 12.4 Å². The van der Waals surface area contributed by atoms with Crippen molar-refractivity contribution in [3.63, 3.8) is 0 Å². The smallest absolute Gasteiger partial charge is 0.255 e. The summed E-state index contributed by atoms with van der Waals surface area (Å²) in [6.07, 6.45) is 6.85. The summed E-state index contributed by atoms with van der Waals surface area (Å²) >= 11 is 0. The van der Waals surface area contributed by atoms with E-state index in [2.05, 4.69) is 29.5 Å². The molecule has 1 aliphatic carbocycles. The van der Waals surface area contributed by atoms with E-state index in [9.17, 15) is 4.79 Å². The van der Waals surface area contributed by atoms with Gasteiger partial charge in [0.2, 0.25) is 0 Å². The molecule has 0 radical (unpaired) electrons. The molecule has 1 saturated carbocycles. The minimum absolute atomic E-state index is 0.0114. The van der Waals surface area contributed by atoms with Gasteiger partial charge in [0.05, 0.1) is 11.3 Å². The molecule has 1 amide bonds. The number of hydrogen-bond donors (Lipinski definition) is 2. The average Bonchev–Trinajstić information content (AvgIpc) is 2.80. The quantitative estimate of drug-likeness (QED) is 0.868. The molecule has 0 saturated heterocycles. The standard InChI is InChI=1S/C16H25N3O/c1-4-12-6-7-14(11(12)3)19-16(20)13-10-17-9-8-15(13)18-5-2/h8-12,14H,4-7H2,1-3H3,(H,17,18)(H,19,20). The van der Waals surface area contributed by atoms with Crippen molar-refractivity contribution in [2.75, 3.05) is 11.9 Å². The van der Waals surface area contributed by atoms with Crippen LogP contribution in [0.2, 0.25) is 0 Å². The van der Waals surface area contributed by atoms with Gasteiger partial charge >= 0.3 is 0 Å². The van der Waals surface area contributed by atoms with Gasteiger partial charge in [-0.3, -0.25) is 9.78 Å². The van der Waals surface area contributed by atoms with Crippen molar-refractivity contribution in [1.29, 1.82) is 0 Å². The highest BCUT2D eigenvalue weighted by atomic mass is 16.1. The number of carbonyl (C=O) groups is 1. The van der Waals surface area contributed by atoms with E-state index in [4.69, 9.17) is 0 Å². The third kappa shape index (κ3) is 3.11. The third-order valence-electron chi connectivity index (χ3n) is 4.50. The van der Waals surface area contributed by atoms with Crippen LogP contribution in [0.5, 0.6) is 0 Å². The molecule has 1 fully saturated rings. The lowest BCUT2D eigenvalue weighted by Crippen LogP contribution is -2.37. The number of anilines is 1. The number of pyridine rings is 1. The second-order valence-electron chi connectivity index (χ2n) is 5.64. The molecule has 3 atom stereocenters. The Bertz CT molecular complexity index is 461. The first kappa shape index (κ1) is 14.8. The lowest BCUT2D eigenvalue weighted by atomic mass is 9.93. The first-order valence-corrected chi connectivity index (χ1v) is 7.66. The molecule has 0 aromatic carbocycles. The van der Waals surface area contributed by atoms with Crippen molar-refractivity contribution in [3.05, 3.63) is 24.0 Å². The van der Waals surface area contributed by atoms with E-state index in [1.807, 2.05) is 13.0 Å². The minimum atomic E-state index is -0.0114. The fourth-order valence-corrected chi connectivity index (χ4v) is 3.19. The molecular formula is C16H25N3O. The molecule has 1 heterocycles. The van der Waals surface area contributed by atoms with Crippen molar-refractivity contribution in [2.24, 2.45) is 11.8 Å². The summed E-state index contributed by atoms with van der Waals surface area (Å²) in [5.41, 5.74) is 1.50. The fourth-order valence-electron chi connectivity index (χ4n) is 3.19. The Morgan fingerprint density at radius 3 is 2.85 bits per heavy atom. The van der Waals surface area contributed by atoms with Crippen LogP contribution in [0.25, 0.3) is 0 Å². The summed E-state index contributed by atoms with van der Waals surface area (Å²) in [5.74, 6) is 1.29. The van der Waals surface area contributed by atoms with E-state index in [1.165, 1.54) is 12.8 Å². The van der Waals surface area contributed by atoms with Gasteiger partial charge in [0, 0.05) is 25.0 Å². The van der Waals surface area contributed by atoms with Gasteiger partial charge in [-0.05, 0) is 37.7 Å². The number of aromatic nitrogens is 1. The molecule has 20 heavy (non-hydrogen) atoms. The maximum Gasteiger partial charge on any atom is 0.255 e. The normalized spacial score (nSPS) is 25.4. The molecule has 1 aliphatic rings. The second kappa shape index (κ2) is 6.73. The van der Waals surface area contributed by atoms with Gasteiger partial charge in [-0.2, -0.15) is 0 Å². The Labute approximate surface area is 121 Å². The van der Waals surface area contributed by atoms with E-state index < -0.39 is 0 Å². The van der Waals surface area contributed by atoms with E-state index in [-0.39, 0.29) is 5.91 Å². The van der Waals surface area contributed by atoms with Crippen molar-refractivity contribution >= 4 is 11.6 Å². The van der Waals surface area contributed by atoms with Gasteiger partial charge in [0.15, 0.2) is 0 Å². The summed E-state index contributed by atoms with van der Waals surface area (Å²) in [6.45, 7) is 7.30. The average molecular weight is 275 g/mol. The van der Waals surface area contributed by atoms with Crippen LogP contribution >= 0.6 is 0 Å². The second-order valence-corrected chi connectivity index (χ2v) is 5.64. The Morgan fingerprint density at radius 2 is 2.20 bits per heavy atom. The van der Waals surface area contributed by atoms with Gasteiger partial charge in [0.1, 0.15) is 0 Å². The predicted molar refractivity (Wildman–Crippen MR) is 81.8 cm³/mol. The first-order valence-electron chi connectivity index (χ1n) is 7.66. The number of carbonyl (C=O) groups excluding carboxylic acids is 1. The molecule has 4 heteroatoms. The molecule has 3 unspecified atom stereocenters. The molecule has 0 aliphatic heterocycles. The summed E-state index contributed by atoms with van der Waals surface area (Å²) in [6, 6.07) is 2.15. The summed E-state index contributed by atoms with van der Waals surface area (Å²) < 4.78 is 0. The molecule has 2 N–H and O–H groups in total. The van der Waals surface area contributed by atoms with Crippen LogP contribution < -0.4 is 10.6 Å². The lowest BCUT2D eigenvalue weighted by molar-refractivity contribution is 0.0927. The Kier molecular flexibility index (Phi) is 4.99. The summed E-state index contributed by atoms with van der Waals surface area (Å²) in [4.78, 5) is 16.5. The SMILES string of the molecule is CCNc1ccncc1C(=O)NC1CCC(CC)C1C. The largest absolute Gasteiger partial charge is 0.385 e. The van der Waals surface area contributed by atoms with Crippen LogP contribution in [0.15, 0.2) is 18.5 Å². The number of amides is 1. The topological polar surface area (TPSA) is 54.0 Å². The van der Waals surface area contributed by atoms with Crippen molar-refractivity contribution in [1.82, 2.24) is 10.3 Å². The van der Waals surface area contributed by atoms with Crippen LogP contribution in [0.3, 0.4) is 0 Å². The van der Waals surface area contributed by atoms with Crippen molar-refractivity contribution in [3.8, 4) is 0 Å². The van der Waals surface area contributed by atoms with Gasteiger partial charge in [-0.25, -0.2) is 0 Å². The number of rotatable bonds is 5. The molecule has 0 spiro atoms. The van der Waals surface area contributed by atoms with E-state index in [0.717, 1.165) is 24.6 Å². The zero-order valence-corrected chi connectivity index (χ0v) is 12.6. The maximum absolute atomic E-state index is 12.4. The van der Waals surface area contributed by atoms with E-state index in [0.29, 0.717) is 17.5 Å². The highest BCUT2D eigenvalue weighted by Gasteiger charge is 2.32. The maximum atomic E-state index is 12.4. The molecule has 1 aromatic rings. The molecule has 4 nitrogen and oxygen atoms in total. The fraction of sp³-hybridized carbons (Fsp3) is 0.625. The van der Waals surface area contributed by atoms with Crippen molar-refractivity contribution < 1.29 is 4.79 Å². The van der Waals surface area contributed by atoms with Crippen LogP contribution in [-0.2, 0) is 0 Å². The Balaban J connectivity index is 2.05. The number of nitrogens with one attached hydrogen (secondary N) is 2. The van der Waals surface area contributed by atoms with Crippen LogP contribution in [0.4, 0.5) is 5.69 Å². The summed E-state index contributed by atoms with van der Waals surface area (Å²) in [5, 5.41) is 6.40. The third-order valence-corrected chi connectivity index (χ3v) is 4.50. The molecular weight excluding hydrogens is 250 g/mol. The Hall–Kier alpha value is -1.58. The zero-order valence-electron chi connectivity index (χ0n) is 12.6. The van der Waals surface area contributed by atoms with Gasteiger partial charge in [-0.15, -0.1) is 0 Å². The number of hydrogen-bond acceptors (Lipinski definition) is 3. The van der Waals surface area contributed by atoms with E-state index >= 15 is 0 Å². The summed E-state index contributed by atoms with van der Waals surface area (Å²) in [7, 11) is 0. The lowest BCUT2D eigenvalue weighted by Gasteiger charge is -2.21. The van der Waals surface area contributed by atoms with Crippen molar-refractivity contribution in [2.45, 2.75) is 46.1 Å². The molecule has 110 valence electrons. The van der Waals surface area contributed by atoms with Crippen LogP contribution in [0.1, 0.15) is 50.4 Å². The highest BCUT2D eigenvalue weighted by Crippen LogP contribution is 2.34. The highest BCUT2D eigenvalue weighted by molar-refractivity contribution is 5.99. The molecule has 0 bridgehead atoms. The Morgan fingerprint density at radius 1 is 1.40 bits per heavy atom. The van der Waals surface area contributed by atoms with Gasteiger partial charge < -0.3 is 10.6 Å². The van der Waals surface area contributed by atoms with Crippen LogP contribution in [0, 0.1) is 11.8 Å². The predicted octanol–water partition coefficient (Wildman–Crippen LogP) is 3.07.